The quantitative estimate of drug-likeness (QED) is 0.409. The number of nitrogen functional groups attached to an aromatic ring is 1. The van der Waals surface area contributed by atoms with Gasteiger partial charge in [0.1, 0.15) is 11.5 Å². The lowest BCUT2D eigenvalue weighted by atomic mass is 9.89. The van der Waals surface area contributed by atoms with Gasteiger partial charge in [-0.15, -0.1) is 0 Å². The summed E-state index contributed by atoms with van der Waals surface area (Å²) in [4.78, 5) is 0. The summed E-state index contributed by atoms with van der Waals surface area (Å²) in [6.45, 7) is 0. The zero-order chi connectivity index (χ0) is 12.2. The molecular weight excluding hydrogens is 216 g/mol. The number of hydrogen-bond donors (Lipinski definition) is 4. The molecule has 0 aliphatic heterocycles. The van der Waals surface area contributed by atoms with Crippen molar-refractivity contribution < 1.29 is 10.2 Å². The molecule has 1 aliphatic rings. The average molecular weight is 228 g/mol. The SMILES string of the molecule is NC1=C(O)Cc2cc(N)c(O)c3cccc1c23. The van der Waals surface area contributed by atoms with Crippen molar-refractivity contribution in [2.45, 2.75) is 6.42 Å². The standard InChI is InChI=1S/C13H12N2O2/c14-9-4-6-5-10(16)12(15)7-2-1-3-8(11(6)7)13(9)17/h1-4,16-17H,5,14-15H2. The summed E-state index contributed by atoms with van der Waals surface area (Å²) in [6, 6.07) is 7.09. The van der Waals surface area contributed by atoms with Gasteiger partial charge in [0.25, 0.3) is 0 Å². The topological polar surface area (TPSA) is 92.5 Å². The van der Waals surface area contributed by atoms with E-state index in [1.165, 1.54) is 0 Å². The first kappa shape index (κ1) is 9.84. The van der Waals surface area contributed by atoms with Crippen molar-refractivity contribution in [3.05, 3.63) is 41.2 Å². The lowest BCUT2D eigenvalue weighted by Crippen LogP contribution is -2.10. The monoisotopic (exact) mass is 228 g/mol. The van der Waals surface area contributed by atoms with Crippen LogP contribution in [0, 0.1) is 0 Å². The van der Waals surface area contributed by atoms with Gasteiger partial charge in [-0.25, -0.2) is 0 Å². The molecule has 0 saturated heterocycles. The molecule has 0 saturated carbocycles. The molecule has 4 heteroatoms. The number of nitrogens with two attached hydrogens (primary N) is 2. The Morgan fingerprint density at radius 3 is 2.65 bits per heavy atom. The summed E-state index contributed by atoms with van der Waals surface area (Å²) < 4.78 is 0. The molecule has 3 rings (SSSR count). The fourth-order valence-electron chi connectivity index (χ4n) is 2.37. The van der Waals surface area contributed by atoms with Gasteiger partial charge in [0.2, 0.25) is 0 Å². The van der Waals surface area contributed by atoms with Gasteiger partial charge >= 0.3 is 0 Å². The van der Waals surface area contributed by atoms with Crippen LogP contribution < -0.4 is 11.5 Å². The number of aliphatic hydroxyl groups excluding tert-OH is 1. The van der Waals surface area contributed by atoms with Crippen molar-refractivity contribution in [2.24, 2.45) is 5.73 Å². The number of phenolic OH excluding ortho intramolecular Hbond substituents is 1. The van der Waals surface area contributed by atoms with Crippen LogP contribution in [0.2, 0.25) is 0 Å². The van der Waals surface area contributed by atoms with Crippen molar-refractivity contribution in [3.63, 3.8) is 0 Å². The van der Waals surface area contributed by atoms with E-state index in [0.717, 1.165) is 16.5 Å². The fraction of sp³-hybridized carbons (Fsp3) is 0.0769. The van der Waals surface area contributed by atoms with E-state index < -0.39 is 0 Å². The number of benzene rings is 2. The molecule has 0 radical (unpaired) electrons. The van der Waals surface area contributed by atoms with Crippen LogP contribution in [-0.2, 0) is 6.42 Å². The van der Waals surface area contributed by atoms with Crippen molar-refractivity contribution in [3.8, 4) is 5.75 Å². The maximum atomic E-state index is 9.93. The molecule has 0 atom stereocenters. The number of aliphatic hydroxyl groups is 1. The zero-order valence-corrected chi connectivity index (χ0v) is 9.07. The Morgan fingerprint density at radius 2 is 1.88 bits per heavy atom. The first-order valence-corrected chi connectivity index (χ1v) is 5.30. The third-order valence-electron chi connectivity index (χ3n) is 3.20. The highest BCUT2D eigenvalue weighted by atomic mass is 16.3. The van der Waals surface area contributed by atoms with Gasteiger partial charge in [-0.1, -0.05) is 18.2 Å². The first-order valence-electron chi connectivity index (χ1n) is 5.30. The lowest BCUT2D eigenvalue weighted by Gasteiger charge is -2.20. The molecule has 1 aliphatic carbocycles. The van der Waals surface area contributed by atoms with E-state index in [2.05, 4.69) is 0 Å². The minimum Gasteiger partial charge on any atom is -0.510 e. The van der Waals surface area contributed by atoms with E-state index in [4.69, 9.17) is 11.5 Å². The summed E-state index contributed by atoms with van der Waals surface area (Å²) in [7, 11) is 0. The van der Waals surface area contributed by atoms with E-state index in [-0.39, 0.29) is 11.5 Å². The van der Waals surface area contributed by atoms with Gasteiger partial charge < -0.3 is 21.7 Å². The average Bonchev–Trinajstić information content (AvgIpc) is 2.32. The van der Waals surface area contributed by atoms with E-state index >= 15 is 0 Å². The predicted molar refractivity (Wildman–Crippen MR) is 67.5 cm³/mol. The molecule has 2 aromatic rings. The second-order valence-corrected chi connectivity index (χ2v) is 4.24. The van der Waals surface area contributed by atoms with Crippen LogP contribution in [-0.4, -0.2) is 10.2 Å². The molecule has 0 fully saturated rings. The highest BCUT2D eigenvalue weighted by Gasteiger charge is 2.21. The van der Waals surface area contributed by atoms with E-state index in [0.29, 0.717) is 23.2 Å². The number of rotatable bonds is 0. The van der Waals surface area contributed by atoms with Crippen LogP contribution >= 0.6 is 0 Å². The van der Waals surface area contributed by atoms with Crippen LogP contribution in [0.1, 0.15) is 11.1 Å². The molecule has 0 aromatic heterocycles. The number of phenols is 1. The van der Waals surface area contributed by atoms with Crippen molar-refractivity contribution >= 4 is 22.2 Å². The van der Waals surface area contributed by atoms with Gasteiger partial charge in [-0.3, -0.25) is 0 Å². The Kier molecular flexibility index (Phi) is 1.78. The van der Waals surface area contributed by atoms with Crippen molar-refractivity contribution in [2.75, 3.05) is 5.73 Å². The summed E-state index contributed by atoms with van der Waals surface area (Å²) in [6.07, 6.45) is 0.351. The number of allylic oxidation sites excluding steroid dienone is 1. The first-order chi connectivity index (χ1) is 8.09. The summed E-state index contributed by atoms with van der Waals surface area (Å²) in [5.74, 6) is 0.217. The summed E-state index contributed by atoms with van der Waals surface area (Å²) in [5, 5.41) is 21.3. The molecule has 0 bridgehead atoms. The largest absolute Gasteiger partial charge is 0.510 e. The summed E-state index contributed by atoms with van der Waals surface area (Å²) in [5.41, 5.74) is 13.9. The zero-order valence-electron chi connectivity index (χ0n) is 9.07. The predicted octanol–water partition coefficient (Wildman–Crippen LogP) is 1.87. The Balaban J connectivity index is 2.53. The molecule has 0 unspecified atom stereocenters. The van der Waals surface area contributed by atoms with E-state index in [1.54, 1.807) is 18.2 Å². The van der Waals surface area contributed by atoms with Crippen molar-refractivity contribution in [1.82, 2.24) is 0 Å². The van der Waals surface area contributed by atoms with Crippen LogP contribution in [0.15, 0.2) is 30.0 Å². The minimum atomic E-state index is 0.0692. The van der Waals surface area contributed by atoms with Crippen LogP contribution in [0.5, 0.6) is 5.75 Å². The third kappa shape index (κ3) is 1.18. The number of aromatic hydroxyl groups is 1. The minimum absolute atomic E-state index is 0.0692. The Bertz CT molecular complexity index is 675. The fourth-order valence-corrected chi connectivity index (χ4v) is 2.37. The third-order valence-corrected chi connectivity index (χ3v) is 3.20. The van der Waals surface area contributed by atoms with Crippen LogP contribution in [0.25, 0.3) is 16.5 Å². The molecule has 86 valence electrons. The van der Waals surface area contributed by atoms with Gasteiger partial charge in [0, 0.05) is 17.4 Å². The van der Waals surface area contributed by atoms with Gasteiger partial charge in [-0.2, -0.15) is 0 Å². The van der Waals surface area contributed by atoms with Crippen LogP contribution in [0.4, 0.5) is 5.69 Å². The van der Waals surface area contributed by atoms with Crippen LogP contribution in [0.3, 0.4) is 0 Å². The Labute approximate surface area is 97.8 Å². The molecular formula is C13H12N2O2. The second-order valence-electron chi connectivity index (χ2n) is 4.24. The van der Waals surface area contributed by atoms with Crippen molar-refractivity contribution in [1.29, 1.82) is 0 Å². The highest BCUT2D eigenvalue weighted by Crippen LogP contribution is 2.40. The normalized spacial score (nSPS) is 14.4. The molecule has 0 spiro atoms. The van der Waals surface area contributed by atoms with E-state index in [1.807, 2.05) is 6.07 Å². The van der Waals surface area contributed by atoms with Gasteiger partial charge in [0.05, 0.1) is 11.4 Å². The number of anilines is 1. The second kappa shape index (κ2) is 3.07. The molecule has 4 nitrogen and oxygen atoms in total. The molecule has 0 heterocycles. The summed E-state index contributed by atoms with van der Waals surface area (Å²) >= 11 is 0. The molecule has 6 N–H and O–H groups in total. The maximum Gasteiger partial charge on any atom is 0.146 e. The Hall–Kier alpha value is -2.36. The van der Waals surface area contributed by atoms with Gasteiger partial charge in [0.15, 0.2) is 0 Å². The van der Waals surface area contributed by atoms with E-state index in [9.17, 15) is 10.2 Å². The lowest BCUT2D eigenvalue weighted by molar-refractivity contribution is 0.400. The maximum absolute atomic E-state index is 9.93. The van der Waals surface area contributed by atoms with Gasteiger partial charge in [-0.05, 0) is 17.0 Å². The number of hydrogen-bond acceptors (Lipinski definition) is 4. The smallest absolute Gasteiger partial charge is 0.146 e. The molecule has 2 aromatic carbocycles. The Morgan fingerprint density at radius 1 is 1.12 bits per heavy atom. The molecule has 0 amide bonds. The molecule has 17 heavy (non-hydrogen) atoms. The highest BCUT2D eigenvalue weighted by molar-refractivity contribution is 6.03.